The maximum atomic E-state index is 7.94. The lowest BCUT2D eigenvalue weighted by atomic mass is 10.2. The Morgan fingerprint density at radius 2 is 1.69 bits per heavy atom. The van der Waals surface area contributed by atoms with Crippen molar-refractivity contribution >= 4 is 11.6 Å². The standard InChI is InChI=1S/C11H15N3.C2H6/c1-13-8-5-9-14(11(13)12)10-6-3-2-4-7-10;1-2/h2-4,6-7,12H,5,8-9H2,1H3;1-2H3. The SMILES string of the molecule is CC.CN1CCCN(c2ccccc2)C1=N. The highest BCUT2D eigenvalue weighted by Gasteiger charge is 2.19. The molecule has 0 atom stereocenters. The molecule has 0 saturated carbocycles. The molecular formula is C13H21N3. The number of guanidine groups is 1. The first-order chi connectivity index (χ1) is 7.79. The van der Waals surface area contributed by atoms with Crippen LogP contribution in [-0.4, -0.2) is 31.0 Å². The quantitative estimate of drug-likeness (QED) is 0.787. The smallest absolute Gasteiger partial charge is 0.198 e. The fourth-order valence-corrected chi connectivity index (χ4v) is 1.74. The number of hydrogen-bond donors (Lipinski definition) is 1. The van der Waals surface area contributed by atoms with Gasteiger partial charge in [-0.05, 0) is 18.6 Å². The van der Waals surface area contributed by atoms with Gasteiger partial charge in [0, 0.05) is 25.8 Å². The third-order valence-electron chi connectivity index (χ3n) is 2.56. The summed E-state index contributed by atoms with van der Waals surface area (Å²) in [6.07, 6.45) is 1.12. The van der Waals surface area contributed by atoms with Crippen molar-refractivity contribution in [3.05, 3.63) is 30.3 Å². The number of hydrogen-bond acceptors (Lipinski definition) is 1. The summed E-state index contributed by atoms with van der Waals surface area (Å²) in [5.74, 6) is 0.599. The van der Waals surface area contributed by atoms with Crippen LogP contribution in [0.5, 0.6) is 0 Å². The molecule has 2 rings (SSSR count). The predicted molar refractivity (Wildman–Crippen MR) is 70.1 cm³/mol. The fourth-order valence-electron chi connectivity index (χ4n) is 1.74. The molecule has 16 heavy (non-hydrogen) atoms. The number of benzene rings is 1. The molecule has 0 aliphatic carbocycles. The van der Waals surface area contributed by atoms with Gasteiger partial charge in [0.2, 0.25) is 0 Å². The minimum absolute atomic E-state index is 0.599. The van der Waals surface area contributed by atoms with Crippen molar-refractivity contribution in [1.82, 2.24) is 4.90 Å². The van der Waals surface area contributed by atoms with Crippen LogP contribution in [0.4, 0.5) is 5.69 Å². The Morgan fingerprint density at radius 1 is 1.06 bits per heavy atom. The molecule has 1 aromatic carbocycles. The van der Waals surface area contributed by atoms with Crippen LogP contribution in [-0.2, 0) is 0 Å². The normalized spacial score (nSPS) is 15.6. The molecule has 0 bridgehead atoms. The van der Waals surface area contributed by atoms with Gasteiger partial charge in [0.25, 0.3) is 0 Å². The Bertz CT molecular complexity index is 321. The Morgan fingerprint density at radius 3 is 2.31 bits per heavy atom. The van der Waals surface area contributed by atoms with E-state index in [1.807, 2.05) is 61.0 Å². The zero-order chi connectivity index (χ0) is 12.0. The van der Waals surface area contributed by atoms with Gasteiger partial charge < -0.3 is 9.80 Å². The molecule has 1 saturated heterocycles. The van der Waals surface area contributed by atoms with Crippen LogP contribution < -0.4 is 4.90 Å². The van der Waals surface area contributed by atoms with Gasteiger partial charge in [0.05, 0.1) is 0 Å². The predicted octanol–water partition coefficient (Wildman–Crippen LogP) is 2.79. The molecule has 1 aromatic rings. The number of para-hydroxylation sites is 1. The maximum Gasteiger partial charge on any atom is 0.198 e. The third-order valence-corrected chi connectivity index (χ3v) is 2.56. The first kappa shape index (κ1) is 12.6. The Hall–Kier alpha value is -1.51. The van der Waals surface area contributed by atoms with E-state index >= 15 is 0 Å². The lowest BCUT2D eigenvalue weighted by Gasteiger charge is -2.36. The largest absolute Gasteiger partial charge is 0.346 e. The molecule has 3 nitrogen and oxygen atoms in total. The van der Waals surface area contributed by atoms with Gasteiger partial charge in [-0.25, -0.2) is 0 Å². The molecule has 1 aliphatic heterocycles. The molecule has 1 heterocycles. The topological polar surface area (TPSA) is 30.3 Å². The van der Waals surface area contributed by atoms with E-state index in [9.17, 15) is 0 Å². The molecule has 1 N–H and O–H groups in total. The number of nitrogens with zero attached hydrogens (tertiary/aromatic N) is 2. The van der Waals surface area contributed by atoms with E-state index in [0.717, 1.165) is 25.2 Å². The first-order valence-electron chi connectivity index (χ1n) is 5.91. The van der Waals surface area contributed by atoms with Crippen molar-refractivity contribution in [2.24, 2.45) is 0 Å². The molecule has 1 aliphatic rings. The molecule has 0 radical (unpaired) electrons. The lowest BCUT2D eigenvalue weighted by Crippen LogP contribution is -2.48. The Balaban J connectivity index is 0.000000606. The number of anilines is 1. The van der Waals surface area contributed by atoms with Gasteiger partial charge in [-0.15, -0.1) is 0 Å². The summed E-state index contributed by atoms with van der Waals surface area (Å²) in [5.41, 5.74) is 1.11. The van der Waals surface area contributed by atoms with Crippen LogP contribution in [0.2, 0.25) is 0 Å². The average Bonchev–Trinajstić information content (AvgIpc) is 2.36. The first-order valence-corrected chi connectivity index (χ1v) is 5.91. The second-order valence-electron chi connectivity index (χ2n) is 3.59. The van der Waals surface area contributed by atoms with Crippen LogP contribution in [0.3, 0.4) is 0 Å². The van der Waals surface area contributed by atoms with Crippen LogP contribution >= 0.6 is 0 Å². The van der Waals surface area contributed by atoms with Crippen LogP contribution in [0, 0.1) is 5.41 Å². The summed E-state index contributed by atoms with van der Waals surface area (Å²) in [7, 11) is 1.97. The van der Waals surface area contributed by atoms with E-state index < -0.39 is 0 Å². The minimum atomic E-state index is 0.599. The van der Waals surface area contributed by atoms with Crippen LogP contribution in [0.25, 0.3) is 0 Å². The number of nitrogens with one attached hydrogen (secondary N) is 1. The van der Waals surface area contributed by atoms with Gasteiger partial charge >= 0.3 is 0 Å². The summed E-state index contributed by atoms with van der Waals surface area (Å²) in [4.78, 5) is 4.03. The van der Waals surface area contributed by atoms with Crippen molar-refractivity contribution < 1.29 is 0 Å². The van der Waals surface area contributed by atoms with Crippen molar-refractivity contribution in [1.29, 1.82) is 5.41 Å². The van der Waals surface area contributed by atoms with Gasteiger partial charge in [0.1, 0.15) is 0 Å². The second-order valence-corrected chi connectivity index (χ2v) is 3.59. The molecule has 3 heteroatoms. The van der Waals surface area contributed by atoms with Crippen molar-refractivity contribution in [3.63, 3.8) is 0 Å². The van der Waals surface area contributed by atoms with Crippen molar-refractivity contribution in [3.8, 4) is 0 Å². The highest BCUT2D eigenvalue weighted by molar-refractivity contribution is 5.94. The van der Waals surface area contributed by atoms with Crippen molar-refractivity contribution in [2.75, 3.05) is 25.0 Å². The average molecular weight is 219 g/mol. The van der Waals surface area contributed by atoms with Crippen molar-refractivity contribution in [2.45, 2.75) is 20.3 Å². The van der Waals surface area contributed by atoms with E-state index in [-0.39, 0.29) is 0 Å². The maximum absolute atomic E-state index is 7.94. The summed E-state index contributed by atoms with van der Waals surface area (Å²) >= 11 is 0. The zero-order valence-corrected chi connectivity index (χ0v) is 10.4. The zero-order valence-electron chi connectivity index (χ0n) is 10.4. The summed E-state index contributed by atoms with van der Waals surface area (Å²) in [6, 6.07) is 10.1. The highest BCUT2D eigenvalue weighted by atomic mass is 15.4. The number of rotatable bonds is 1. The van der Waals surface area contributed by atoms with E-state index in [0.29, 0.717) is 5.96 Å². The Kier molecular flexibility index (Phi) is 4.83. The van der Waals surface area contributed by atoms with Gasteiger partial charge in [0.15, 0.2) is 5.96 Å². The summed E-state index contributed by atoms with van der Waals surface area (Å²) in [6.45, 7) is 5.94. The minimum Gasteiger partial charge on any atom is -0.346 e. The Labute approximate surface area is 98.2 Å². The van der Waals surface area contributed by atoms with Crippen LogP contribution in [0.1, 0.15) is 20.3 Å². The lowest BCUT2D eigenvalue weighted by molar-refractivity contribution is 0.447. The monoisotopic (exact) mass is 219 g/mol. The molecule has 0 amide bonds. The van der Waals surface area contributed by atoms with E-state index in [1.54, 1.807) is 0 Å². The molecule has 0 spiro atoms. The highest BCUT2D eigenvalue weighted by Crippen LogP contribution is 2.17. The fraction of sp³-hybridized carbons (Fsp3) is 0.462. The van der Waals surface area contributed by atoms with E-state index in [1.165, 1.54) is 0 Å². The molecule has 1 fully saturated rings. The second kappa shape index (κ2) is 6.16. The third kappa shape index (κ3) is 2.75. The van der Waals surface area contributed by atoms with Gasteiger partial charge in [-0.3, -0.25) is 5.41 Å². The van der Waals surface area contributed by atoms with E-state index in [4.69, 9.17) is 5.41 Å². The summed E-state index contributed by atoms with van der Waals surface area (Å²) in [5, 5.41) is 7.94. The molecular weight excluding hydrogens is 198 g/mol. The van der Waals surface area contributed by atoms with Gasteiger partial charge in [-0.2, -0.15) is 0 Å². The molecule has 0 unspecified atom stereocenters. The molecule has 0 aromatic heterocycles. The van der Waals surface area contributed by atoms with Crippen LogP contribution in [0.15, 0.2) is 30.3 Å². The summed E-state index contributed by atoms with van der Waals surface area (Å²) < 4.78 is 0. The van der Waals surface area contributed by atoms with Gasteiger partial charge in [-0.1, -0.05) is 32.0 Å². The molecule has 88 valence electrons. The van der Waals surface area contributed by atoms with E-state index in [2.05, 4.69) is 0 Å².